The van der Waals surface area contributed by atoms with E-state index in [1.165, 1.54) is 11.8 Å². The summed E-state index contributed by atoms with van der Waals surface area (Å²) in [6.07, 6.45) is 2.19. The van der Waals surface area contributed by atoms with Gasteiger partial charge in [0.2, 0.25) is 10.0 Å². The van der Waals surface area contributed by atoms with Crippen molar-refractivity contribution in [2.24, 2.45) is 0 Å². The van der Waals surface area contributed by atoms with Gasteiger partial charge in [-0.15, -0.1) is 0 Å². The molecule has 0 radical (unpaired) electrons. The van der Waals surface area contributed by atoms with Gasteiger partial charge in [0.25, 0.3) is 0 Å². The fourth-order valence-electron chi connectivity index (χ4n) is 2.24. The van der Waals surface area contributed by atoms with Crippen LogP contribution in [0.5, 0.6) is 0 Å². The van der Waals surface area contributed by atoms with Crippen molar-refractivity contribution >= 4 is 33.4 Å². The van der Waals surface area contributed by atoms with Gasteiger partial charge in [-0.25, -0.2) is 13.1 Å². The quantitative estimate of drug-likeness (QED) is 0.669. The summed E-state index contributed by atoms with van der Waals surface area (Å²) in [6, 6.07) is 7.77. The number of nitrogens with one attached hydrogen (secondary N) is 1. The van der Waals surface area contributed by atoms with Gasteiger partial charge in [-0.2, -0.15) is 16.9 Å². The Morgan fingerprint density at radius 3 is 2.62 bits per heavy atom. The lowest BCUT2D eigenvalue weighted by Crippen LogP contribution is -2.25. The van der Waals surface area contributed by atoms with E-state index in [9.17, 15) is 8.42 Å². The minimum absolute atomic E-state index is 0.262. The lowest BCUT2D eigenvalue weighted by Gasteiger charge is -2.07. The van der Waals surface area contributed by atoms with Crippen LogP contribution in [0.4, 0.5) is 0 Å². The first kappa shape index (κ1) is 19.3. The second kappa shape index (κ2) is 8.89. The number of thioether (sulfide) groups is 1. The largest absolute Gasteiger partial charge is 0.269 e. The van der Waals surface area contributed by atoms with Gasteiger partial charge in [0, 0.05) is 23.9 Å². The Balaban J connectivity index is 1.73. The summed E-state index contributed by atoms with van der Waals surface area (Å²) in [6.45, 7) is 4.78. The average molecular weight is 388 g/mol. The fraction of sp³-hybridized carbons (Fsp3) is 0.438. The first-order valence-electron chi connectivity index (χ1n) is 7.78. The Bertz CT molecular complexity index is 758. The molecule has 0 bridgehead atoms. The Morgan fingerprint density at radius 2 is 2.00 bits per heavy atom. The second-order valence-electron chi connectivity index (χ2n) is 5.34. The molecule has 1 N–H and O–H groups in total. The van der Waals surface area contributed by atoms with Gasteiger partial charge < -0.3 is 0 Å². The van der Waals surface area contributed by atoms with E-state index in [1.54, 1.807) is 23.4 Å². The van der Waals surface area contributed by atoms with Gasteiger partial charge >= 0.3 is 0 Å². The highest BCUT2D eigenvalue weighted by Crippen LogP contribution is 2.17. The maximum atomic E-state index is 12.3. The summed E-state index contributed by atoms with van der Waals surface area (Å²) in [7, 11) is -3.48. The topological polar surface area (TPSA) is 64.0 Å². The van der Waals surface area contributed by atoms with Crippen molar-refractivity contribution in [1.82, 2.24) is 14.5 Å². The van der Waals surface area contributed by atoms with Crippen LogP contribution in [0, 0.1) is 6.92 Å². The Hall–Kier alpha value is -1.02. The van der Waals surface area contributed by atoms with E-state index >= 15 is 0 Å². The van der Waals surface area contributed by atoms with Crippen LogP contribution in [-0.4, -0.2) is 30.5 Å². The highest BCUT2D eigenvalue weighted by Gasteiger charge is 2.19. The normalized spacial score (nSPS) is 11.8. The van der Waals surface area contributed by atoms with E-state index in [4.69, 9.17) is 11.6 Å². The molecule has 1 heterocycles. The van der Waals surface area contributed by atoms with Crippen LogP contribution in [0.2, 0.25) is 5.02 Å². The minimum atomic E-state index is -3.48. The first-order valence-corrected chi connectivity index (χ1v) is 10.8. The van der Waals surface area contributed by atoms with Crippen LogP contribution < -0.4 is 4.72 Å². The van der Waals surface area contributed by atoms with Crippen molar-refractivity contribution in [2.75, 3.05) is 12.3 Å². The molecule has 2 rings (SSSR count). The number of aromatic nitrogens is 2. The number of benzene rings is 1. The van der Waals surface area contributed by atoms with E-state index in [1.807, 2.05) is 31.2 Å². The van der Waals surface area contributed by atoms with Gasteiger partial charge in [0.1, 0.15) is 4.90 Å². The van der Waals surface area contributed by atoms with Crippen molar-refractivity contribution in [2.45, 2.75) is 37.5 Å². The molecular formula is C16H22ClN3O2S2. The molecule has 0 amide bonds. The minimum Gasteiger partial charge on any atom is -0.269 e. The molecular weight excluding hydrogens is 366 g/mol. The highest BCUT2D eigenvalue weighted by molar-refractivity contribution is 7.98. The standard InChI is InChI=1S/C16H22ClN3O2S2/c1-3-20-13(2)16(11-18-20)24(21,22)19-9-4-10-23-12-14-5-7-15(17)8-6-14/h5-8,11,19H,3-4,9-10,12H2,1-2H3. The number of sulfonamides is 1. The maximum absolute atomic E-state index is 12.3. The lowest BCUT2D eigenvalue weighted by molar-refractivity contribution is 0.579. The average Bonchev–Trinajstić information content (AvgIpc) is 2.94. The molecule has 0 saturated heterocycles. The van der Waals surface area contributed by atoms with E-state index in [2.05, 4.69) is 9.82 Å². The summed E-state index contributed by atoms with van der Waals surface area (Å²) in [5, 5.41) is 4.82. The molecule has 132 valence electrons. The zero-order valence-electron chi connectivity index (χ0n) is 13.8. The predicted octanol–water partition coefficient (Wildman–Crippen LogP) is 3.47. The molecule has 0 saturated carbocycles. The van der Waals surface area contributed by atoms with Gasteiger partial charge in [0.05, 0.1) is 11.9 Å². The van der Waals surface area contributed by atoms with E-state index in [0.717, 1.165) is 22.9 Å². The van der Waals surface area contributed by atoms with Crippen LogP contribution in [0.15, 0.2) is 35.4 Å². The molecule has 0 aliphatic carbocycles. The summed E-state index contributed by atoms with van der Waals surface area (Å²) in [4.78, 5) is 0.262. The van der Waals surface area contributed by atoms with Crippen molar-refractivity contribution in [3.63, 3.8) is 0 Å². The molecule has 0 spiro atoms. The van der Waals surface area contributed by atoms with Crippen LogP contribution in [0.1, 0.15) is 24.6 Å². The Morgan fingerprint density at radius 1 is 1.29 bits per heavy atom. The number of aryl methyl sites for hydroxylation is 1. The molecule has 0 aliphatic rings. The zero-order valence-corrected chi connectivity index (χ0v) is 16.2. The molecule has 0 unspecified atom stereocenters. The summed E-state index contributed by atoms with van der Waals surface area (Å²) in [5.41, 5.74) is 1.88. The van der Waals surface area contributed by atoms with Crippen molar-refractivity contribution < 1.29 is 8.42 Å². The summed E-state index contributed by atoms with van der Waals surface area (Å²) < 4.78 is 28.9. The van der Waals surface area contributed by atoms with Crippen LogP contribution in [0.25, 0.3) is 0 Å². The third-order valence-electron chi connectivity index (χ3n) is 3.59. The van der Waals surface area contributed by atoms with Crippen molar-refractivity contribution in [3.8, 4) is 0 Å². The van der Waals surface area contributed by atoms with Gasteiger partial charge in [-0.3, -0.25) is 4.68 Å². The Kier molecular flexibility index (Phi) is 7.16. The molecule has 0 fully saturated rings. The van der Waals surface area contributed by atoms with E-state index in [0.29, 0.717) is 18.8 Å². The fourth-order valence-corrected chi connectivity index (χ4v) is 4.54. The van der Waals surface area contributed by atoms with E-state index < -0.39 is 10.0 Å². The molecule has 24 heavy (non-hydrogen) atoms. The maximum Gasteiger partial charge on any atom is 0.243 e. The Labute approximate surface area is 152 Å². The molecule has 1 aromatic carbocycles. The molecule has 1 aromatic heterocycles. The lowest BCUT2D eigenvalue weighted by atomic mass is 10.2. The zero-order chi connectivity index (χ0) is 17.6. The van der Waals surface area contributed by atoms with Crippen molar-refractivity contribution in [3.05, 3.63) is 46.7 Å². The number of hydrogen-bond donors (Lipinski definition) is 1. The summed E-state index contributed by atoms with van der Waals surface area (Å²) >= 11 is 7.63. The molecule has 0 aliphatic heterocycles. The molecule has 2 aromatic rings. The third-order valence-corrected chi connectivity index (χ3v) is 6.52. The molecule has 5 nitrogen and oxygen atoms in total. The SMILES string of the molecule is CCn1ncc(S(=O)(=O)NCCCSCc2ccc(Cl)cc2)c1C. The number of rotatable bonds is 9. The van der Waals surface area contributed by atoms with Gasteiger partial charge in [-0.05, 0) is 43.7 Å². The van der Waals surface area contributed by atoms with Gasteiger partial charge in [0.15, 0.2) is 0 Å². The van der Waals surface area contributed by atoms with Crippen LogP contribution in [-0.2, 0) is 22.3 Å². The third kappa shape index (κ3) is 5.24. The molecule has 8 heteroatoms. The monoisotopic (exact) mass is 387 g/mol. The first-order chi connectivity index (χ1) is 11.4. The highest BCUT2D eigenvalue weighted by atomic mass is 35.5. The smallest absolute Gasteiger partial charge is 0.243 e. The van der Waals surface area contributed by atoms with Crippen LogP contribution in [0.3, 0.4) is 0 Å². The number of nitrogens with zero attached hydrogens (tertiary/aromatic N) is 2. The van der Waals surface area contributed by atoms with Crippen molar-refractivity contribution in [1.29, 1.82) is 0 Å². The number of halogens is 1. The van der Waals surface area contributed by atoms with E-state index in [-0.39, 0.29) is 4.90 Å². The second-order valence-corrected chi connectivity index (χ2v) is 8.62. The predicted molar refractivity (Wildman–Crippen MR) is 100 cm³/mol. The van der Waals surface area contributed by atoms with Crippen LogP contribution >= 0.6 is 23.4 Å². The molecule has 0 atom stereocenters. The summed E-state index contributed by atoms with van der Waals surface area (Å²) in [5.74, 6) is 1.78. The number of hydrogen-bond acceptors (Lipinski definition) is 4. The van der Waals surface area contributed by atoms with Gasteiger partial charge in [-0.1, -0.05) is 23.7 Å².